The highest BCUT2D eigenvalue weighted by atomic mass is 32.1. The van der Waals surface area contributed by atoms with Gasteiger partial charge < -0.3 is 4.90 Å². The van der Waals surface area contributed by atoms with Crippen LogP contribution in [0.1, 0.15) is 0 Å². The topological polar surface area (TPSA) is 32.3 Å². The van der Waals surface area contributed by atoms with Gasteiger partial charge in [0.15, 0.2) is 0 Å². The molecule has 17 heavy (non-hydrogen) atoms. The summed E-state index contributed by atoms with van der Waals surface area (Å²) in [7, 11) is 0. The molecule has 0 aliphatic carbocycles. The second kappa shape index (κ2) is 6.02. The predicted molar refractivity (Wildman–Crippen MR) is 73.7 cm³/mol. The summed E-state index contributed by atoms with van der Waals surface area (Å²) in [5.41, 5.74) is 1.18. The van der Waals surface area contributed by atoms with Crippen LogP contribution in [0, 0.1) is 0 Å². The van der Waals surface area contributed by atoms with Crippen LogP contribution in [0.5, 0.6) is 0 Å². The van der Waals surface area contributed by atoms with E-state index >= 15 is 0 Å². The lowest BCUT2D eigenvalue weighted by atomic mass is 10.2. The van der Waals surface area contributed by atoms with E-state index in [1.165, 1.54) is 5.57 Å². The predicted octanol–water partition coefficient (Wildman–Crippen LogP) is 1.08. The molecule has 1 aromatic heterocycles. The highest BCUT2D eigenvalue weighted by Gasteiger charge is 2.18. The van der Waals surface area contributed by atoms with Crippen LogP contribution >= 0.6 is 12.6 Å². The van der Waals surface area contributed by atoms with Gasteiger partial charge in [-0.2, -0.15) is 12.6 Å². The molecule has 0 unspecified atom stereocenters. The van der Waals surface area contributed by atoms with Crippen LogP contribution in [0.3, 0.4) is 0 Å². The molecule has 5 heteroatoms. The number of piperazine rings is 1. The molecule has 92 valence electrons. The van der Waals surface area contributed by atoms with Crippen molar-refractivity contribution in [2.24, 2.45) is 0 Å². The van der Waals surface area contributed by atoms with Gasteiger partial charge in [-0.1, -0.05) is 12.2 Å². The first-order valence-corrected chi connectivity index (χ1v) is 6.44. The van der Waals surface area contributed by atoms with Crippen molar-refractivity contribution < 1.29 is 0 Å². The van der Waals surface area contributed by atoms with Crippen molar-refractivity contribution in [1.29, 1.82) is 0 Å². The molecule has 0 bridgehead atoms. The Morgan fingerprint density at radius 2 is 1.88 bits per heavy atom. The first kappa shape index (κ1) is 12.4. The summed E-state index contributed by atoms with van der Waals surface area (Å²) in [6, 6.07) is 1.84. The van der Waals surface area contributed by atoms with Crippen LogP contribution < -0.4 is 4.90 Å². The average molecular weight is 250 g/mol. The van der Waals surface area contributed by atoms with Crippen LogP contribution in [-0.4, -0.2) is 53.3 Å². The van der Waals surface area contributed by atoms with Gasteiger partial charge in [-0.25, -0.2) is 9.97 Å². The van der Waals surface area contributed by atoms with Crippen LogP contribution in [-0.2, 0) is 0 Å². The van der Waals surface area contributed by atoms with Gasteiger partial charge in [0.25, 0.3) is 0 Å². The smallest absolute Gasteiger partial charge is 0.225 e. The normalized spacial score (nSPS) is 17.1. The molecule has 0 aromatic carbocycles. The molecular formula is C12H18N4S. The Labute approximate surface area is 108 Å². The summed E-state index contributed by atoms with van der Waals surface area (Å²) in [5, 5.41) is 0. The highest BCUT2D eigenvalue weighted by molar-refractivity contribution is 7.80. The van der Waals surface area contributed by atoms with Crippen molar-refractivity contribution >= 4 is 18.6 Å². The maximum Gasteiger partial charge on any atom is 0.225 e. The molecule has 1 aromatic rings. The van der Waals surface area contributed by atoms with Gasteiger partial charge in [0.1, 0.15) is 0 Å². The van der Waals surface area contributed by atoms with Crippen molar-refractivity contribution in [1.82, 2.24) is 14.9 Å². The first-order chi connectivity index (χ1) is 8.29. The molecule has 0 atom stereocenters. The zero-order valence-corrected chi connectivity index (χ0v) is 10.8. The summed E-state index contributed by atoms with van der Waals surface area (Å²) in [6.45, 7) is 8.96. The van der Waals surface area contributed by atoms with Gasteiger partial charge in [-0.3, -0.25) is 4.90 Å². The lowest BCUT2D eigenvalue weighted by Crippen LogP contribution is -2.47. The number of anilines is 1. The van der Waals surface area contributed by atoms with Gasteiger partial charge in [0.2, 0.25) is 5.95 Å². The molecular weight excluding hydrogens is 232 g/mol. The lowest BCUT2D eigenvalue weighted by molar-refractivity contribution is 0.277. The molecule has 0 radical (unpaired) electrons. The summed E-state index contributed by atoms with van der Waals surface area (Å²) in [4.78, 5) is 13.2. The number of hydrogen-bond acceptors (Lipinski definition) is 5. The fraction of sp³-hybridized carbons (Fsp3) is 0.500. The Morgan fingerprint density at radius 3 is 2.47 bits per heavy atom. The third kappa shape index (κ3) is 3.44. The minimum absolute atomic E-state index is 0.766. The molecule has 0 amide bonds. The van der Waals surface area contributed by atoms with Gasteiger partial charge in [0, 0.05) is 50.9 Å². The zero-order valence-electron chi connectivity index (χ0n) is 9.92. The first-order valence-electron chi connectivity index (χ1n) is 5.81. The van der Waals surface area contributed by atoms with E-state index in [4.69, 9.17) is 0 Å². The molecule has 1 aliphatic heterocycles. The van der Waals surface area contributed by atoms with Crippen molar-refractivity contribution in [3.8, 4) is 0 Å². The van der Waals surface area contributed by atoms with Gasteiger partial charge in [0.05, 0.1) is 0 Å². The van der Waals surface area contributed by atoms with Crippen molar-refractivity contribution in [2.45, 2.75) is 0 Å². The maximum atomic E-state index is 4.27. The summed E-state index contributed by atoms with van der Waals surface area (Å²) in [5.74, 6) is 1.60. The summed E-state index contributed by atoms with van der Waals surface area (Å²) in [6.07, 6.45) is 3.58. The standard InChI is InChI=1S/C12H18N4S/c1-11(10-17)9-15-5-7-16(8-6-15)12-13-3-2-4-14-12/h2-4,17H,1,5-10H2. The van der Waals surface area contributed by atoms with E-state index in [1.807, 2.05) is 6.07 Å². The minimum atomic E-state index is 0.766. The van der Waals surface area contributed by atoms with Gasteiger partial charge >= 0.3 is 0 Å². The summed E-state index contributed by atoms with van der Waals surface area (Å²) >= 11 is 4.23. The molecule has 0 N–H and O–H groups in total. The van der Waals surface area contributed by atoms with Crippen LogP contribution in [0.4, 0.5) is 5.95 Å². The van der Waals surface area contributed by atoms with E-state index in [9.17, 15) is 0 Å². The summed E-state index contributed by atoms with van der Waals surface area (Å²) < 4.78 is 0. The Bertz CT molecular complexity index is 360. The van der Waals surface area contributed by atoms with E-state index in [-0.39, 0.29) is 0 Å². The number of nitrogens with zero attached hydrogens (tertiary/aromatic N) is 4. The molecule has 0 spiro atoms. The van der Waals surface area contributed by atoms with Crippen molar-refractivity contribution in [3.63, 3.8) is 0 Å². The van der Waals surface area contributed by atoms with Crippen LogP contribution in [0.2, 0.25) is 0 Å². The third-order valence-electron chi connectivity index (χ3n) is 2.88. The van der Waals surface area contributed by atoms with Crippen LogP contribution in [0.15, 0.2) is 30.6 Å². The monoisotopic (exact) mass is 250 g/mol. The molecule has 2 rings (SSSR count). The van der Waals surface area contributed by atoms with Crippen molar-refractivity contribution in [3.05, 3.63) is 30.6 Å². The Kier molecular flexibility index (Phi) is 4.39. The fourth-order valence-corrected chi connectivity index (χ4v) is 2.03. The maximum absolute atomic E-state index is 4.27. The SMILES string of the molecule is C=C(CS)CN1CCN(c2ncccn2)CC1. The average Bonchev–Trinajstić information content (AvgIpc) is 2.40. The quantitative estimate of drug-likeness (QED) is 0.640. The third-order valence-corrected chi connectivity index (χ3v) is 3.33. The second-order valence-electron chi connectivity index (χ2n) is 4.22. The molecule has 1 saturated heterocycles. The second-order valence-corrected chi connectivity index (χ2v) is 4.54. The molecule has 0 saturated carbocycles. The largest absolute Gasteiger partial charge is 0.338 e. The van der Waals surface area contributed by atoms with E-state index in [2.05, 4.69) is 39.0 Å². The van der Waals surface area contributed by atoms with Gasteiger partial charge in [-0.15, -0.1) is 0 Å². The Balaban J connectivity index is 1.84. The van der Waals surface area contributed by atoms with E-state index in [0.717, 1.165) is 44.4 Å². The zero-order chi connectivity index (χ0) is 12.1. The fourth-order valence-electron chi connectivity index (χ4n) is 1.93. The molecule has 1 fully saturated rings. The number of aromatic nitrogens is 2. The number of thiol groups is 1. The Morgan fingerprint density at radius 1 is 1.24 bits per heavy atom. The van der Waals surface area contributed by atoms with E-state index in [1.54, 1.807) is 12.4 Å². The van der Waals surface area contributed by atoms with Gasteiger partial charge in [-0.05, 0) is 6.07 Å². The molecule has 1 aliphatic rings. The van der Waals surface area contributed by atoms with Crippen molar-refractivity contribution in [2.75, 3.05) is 43.4 Å². The number of rotatable bonds is 4. The van der Waals surface area contributed by atoms with E-state index < -0.39 is 0 Å². The lowest BCUT2D eigenvalue weighted by Gasteiger charge is -2.34. The minimum Gasteiger partial charge on any atom is -0.338 e. The van der Waals surface area contributed by atoms with Crippen LogP contribution in [0.25, 0.3) is 0 Å². The van der Waals surface area contributed by atoms with E-state index in [0.29, 0.717) is 0 Å². The molecule has 4 nitrogen and oxygen atoms in total. The number of hydrogen-bond donors (Lipinski definition) is 1. The molecule has 2 heterocycles. The Hall–Kier alpha value is -1.07. The highest BCUT2D eigenvalue weighted by Crippen LogP contribution is 2.10.